The maximum atomic E-state index is 5.96. The molecule has 3 heteroatoms. The number of hydrogen-bond acceptors (Lipinski definition) is 1. The van der Waals surface area contributed by atoms with E-state index in [1.54, 1.807) is 0 Å². The second kappa shape index (κ2) is 5.48. The first kappa shape index (κ1) is 10.9. The molecule has 0 spiro atoms. The summed E-state index contributed by atoms with van der Waals surface area (Å²) in [7, 11) is 5.92. The van der Waals surface area contributed by atoms with Crippen molar-refractivity contribution in [2.45, 2.75) is 29.0 Å². The van der Waals surface area contributed by atoms with Crippen molar-refractivity contribution in [2.75, 3.05) is 0 Å². The van der Waals surface area contributed by atoms with E-state index in [2.05, 4.69) is 24.3 Å². The molecule has 1 saturated heterocycles. The van der Waals surface area contributed by atoms with Crippen molar-refractivity contribution in [3.05, 3.63) is 35.9 Å². The third-order valence-corrected chi connectivity index (χ3v) is 7.98. The minimum atomic E-state index is -1.01. The summed E-state index contributed by atoms with van der Waals surface area (Å²) in [6, 6.07) is 10.5. The molecule has 0 saturated carbocycles. The van der Waals surface area contributed by atoms with Crippen LogP contribution in [-0.4, -0.2) is 6.10 Å². The fourth-order valence-electron chi connectivity index (χ4n) is 1.95. The van der Waals surface area contributed by atoms with Crippen molar-refractivity contribution < 1.29 is 28.1 Å². The Balaban J connectivity index is 1.96. The Kier molecular flexibility index (Phi) is 4.27. The van der Waals surface area contributed by atoms with Gasteiger partial charge in [0.2, 0.25) is 0 Å². The van der Waals surface area contributed by atoms with Crippen LogP contribution in [0.3, 0.4) is 0 Å². The van der Waals surface area contributed by atoms with Gasteiger partial charge in [-0.3, -0.25) is 0 Å². The van der Waals surface area contributed by atoms with Gasteiger partial charge in [0.1, 0.15) is 0 Å². The molecular weight excluding hydrogens is 384 g/mol. The summed E-state index contributed by atoms with van der Waals surface area (Å²) in [5.41, 5.74) is 1.32. The predicted molar refractivity (Wildman–Crippen MR) is 54.0 cm³/mol. The zero-order valence-electron chi connectivity index (χ0n) is 8.16. The summed E-state index contributed by atoms with van der Waals surface area (Å²) in [5.74, 6) is 0. The summed E-state index contributed by atoms with van der Waals surface area (Å²) in [4.78, 5) is 0. The monoisotopic (exact) mass is 398 g/mol. The Morgan fingerprint density at radius 3 is 2.79 bits per heavy atom. The van der Waals surface area contributed by atoms with Gasteiger partial charge in [0.05, 0.1) is 0 Å². The molecule has 1 heterocycles. The standard InChI is InChI=1S/C11H13O.ClH.Hg/c1-9-7-8-11(12-9)10-5-3-2-4-6-10;;/h2-6,9,11H,1,7-8H2;1H;/q;;+1/p-1. The molecule has 2 unspecified atom stereocenters. The van der Waals surface area contributed by atoms with Gasteiger partial charge in [0, 0.05) is 0 Å². The van der Waals surface area contributed by atoms with Crippen molar-refractivity contribution in [3.8, 4) is 0 Å². The first-order chi connectivity index (χ1) is 6.90. The first-order valence-corrected chi connectivity index (χ1v) is 15.8. The quantitative estimate of drug-likeness (QED) is 0.709. The molecule has 1 aromatic rings. The third kappa shape index (κ3) is 2.71. The third-order valence-electron chi connectivity index (χ3n) is 2.71. The van der Waals surface area contributed by atoms with E-state index in [1.807, 2.05) is 6.07 Å². The topological polar surface area (TPSA) is 9.23 Å². The van der Waals surface area contributed by atoms with Gasteiger partial charge < -0.3 is 0 Å². The van der Waals surface area contributed by atoms with Crippen LogP contribution in [0.25, 0.3) is 0 Å². The predicted octanol–water partition coefficient (Wildman–Crippen LogP) is 3.56. The molecule has 0 aliphatic carbocycles. The van der Waals surface area contributed by atoms with Crippen LogP contribution < -0.4 is 0 Å². The van der Waals surface area contributed by atoms with Crippen molar-refractivity contribution in [1.29, 1.82) is 0 Å². The number of halogens is 1. The molecule has 72 valence electrons. The van der Waals surface area contributed by atoms with E-state index in [9.17, 15) is 0 Å². The minimum absolute atomic E-state index is 0.331. The molecule has 0 radical (unpaired) electrons. The number of ether oxygens (including phenoxy) is 1. The number of rotatable bonds is 3. The molecule has 0 bridgehead atoms. The SMILES string of the molecule is [Cl][Hg][CH2]C1CCC(c2ccccc2)O1. The molecule has 1 fully saturated rings. The van der Waals surface area contributed by atoms with Gasteiger partial charge in [-0.1, -0.05) is 0 Å². The van der Waals surface area contributed by atoms with Gasteiger partial charge in [0.15, 0.2) is 0 Å². The molecule has 14 heavy (non-hydrogen) atoms. The molecule has 1 aliphatic heterocycles. The van der Waals surface area contributed by atoms with Crippen LogP contribution >= 0.6 is 8.25 Å². The Bertz CT molecular complexity index is 278. The van der Waals surface area contributed by atoms with Crippen LogP contribution in [-0.2, 0) is 28.1 Å². The van der Waals surface area contributed by atoms with Gasteiger partial charge in [-0.15, -0.1) is 0 Å². The molecule has 1 aliphatic rings. The van der Waals surface area contributed by atoms with Crippen molar-refractivity contribution in [2.24, 2.45) is 0 Å². The Labute approximate surface area is 101 Å². The molecule has 1 aromatic carbocycles. The average Bonchev–Trinajstić information content (AvgIpc) is 2.68. The van der Waals surface area contributed by atoms with Crippen LogP contribution in [0.2, 0.25) is 3.93 Å². The van der Waals surface area contributed by atoms with E-state index >= 15 is 0 Å². The van der Waals surface area contributed by atoms with E-state index in [4.69, 9.17) is 13.0 Å². The fraction of sp³-hybridized carbons (Fsp3) is 0.455. The van der Waals surface area contributed by atoms with Crippen molar-refractivity contribution >= 4 is 8.25 Å². The zero-order chi connectivity index (χ0) is 9.80. The molecular formula is C11H13ClHgO. The summed E-state index contributed by atoms with van der Waals surface area (Å²) in [6.07, 6.45) is 3.17. The normalized spacial score (nSPS) is 26.1. The van der Waals surface area contributed by atoms with E-state index in [0.29, 0.717) is 12.2 Å². The first-order valence-electron chi connectivity index (χ1n) is 5.16. The van der Waals surface area contributed by atoms with E-state index in [0.717, 1.165) is 0 Å². The molecule has 2 atom stereocenters. The summed E-state index contributed by atoms with van der Waals surface area (Å²) < 4.78 is 7.16. The van der Waals surface area contributed by atoms with Crippen molar-refractivity contribution in [1.82, 2.24) is 0 Å². The van der Waals surface area contributed by atoms with Crippen LogP contribution in [0.5, 0.6) is 0 Å². The van der Waals surface area contributed by atoms with Gasteiger partial charge in [-0.25, -0.2) is 0 Å². The Hall–Kier alpha value is 0.405. The Morgan fingerprint density at radius 1 is 1.29 bits per heavy atom. The number of hydrogen-bond donors (Lipinski definition) is 0. The van der Waals surface area contributed by atoms with Crippen LogP contribution in [0.4, 0.5) is 0 Å². The molecule has 1 nitrogen and oxygen atoms in total. The van der Waals surface area contributed by atoms with E-state index < -0.39 is 23.3 Å². The van der Waals surface area contributed by atoms with Crippen LogP contribution in [0.1, 0.15) is 24.5 Å². The fourth-order valence-corrected chi connectivity index (χ4v) is 6.69. The van der Waals surface area contributed by atoms with Gasteiger partial charge >= 0.3 is 101 Å². The Morgan fingerprint density at radius 2 is 2.07 bits per heavy atom. The number of benzene rings is 1. The van der Waals surface area contributed by atoms with E-state index in [1.165, 1.54) is 22.3 Å². The van der Waals surface area contributed by atoms with Gasteiger partial charge in [-0.2, -0.15) is 0 Å². The molecule has 0 amide bonds. The van der Waals surface area contributed by atoms with Crippen LogP contribution in [0, 0.1) is 0 Å². The van der Waals surface area contributed by atoms with Gasteiger partial charge in [-0.05, 0) is 0 Å². The van der Waals surface area contributed by atoms with E-state index in [-0.39, 0.29) is 0 Å². The summed E-state index contributed by atoms with van der Waals surface area (Å²) >= 11 is -1.01. The average molecular weight is 397 g/mol. The summed E-state index contributed by atoms with van der Waals surface area (Å²) in [5, 5.41) is 0. The second-order valence-electron chi connectivity index (χ2n) is 3.71. The van der Waals surface area contributed by atoms with Gasteiger partial charge in [0.25, 0.3) is 0 Å². The molecule has 2 rings (SSSR count). The molecule has 0 N–H and O–H groups in total. The summed E-state index contributed by atoms with van der Waals surface area (Å²) in [6.45, 7) is 0. The second-order valence-corrected chi connectivity index (χ2v) is 10.7. The van der Waals surface area contributed by atoms with Crippen LogP contribution in [0.15, 0.2) is 30.3 Å². The maximum absolute atomic E-state index is 5.96. The van der Waals surface area contributed by atoms with Crippen molar-refractivity contribution in [3.63, 3.8) is 0 Å². The molecule has 0 aromatic heterocycles. The zero-order valence-corrected chi connectivity index (χ0v) is 14.4.